The van der Waals surface area contributed by atoms with Gasteiger partial charge in [-0.2, -0.15) is 0 Å². The van der Waals surface area contributed by atoms with Crippen LogP contribution < -0.4 is 10.9 Å². The van der Waals surface area contributed by atoms with Crippen LogP contribution in [-0.4, -0.2) is 39.2 Å². The van der Waals surface area contributed by atoms with E-state index in [0.717, 1.165) is 29.5 Å². The van der Waals surface area contributed by atoms with Crippen LogP contribution in [0.15, 0.2) is 22.2 Å². The highest BCUT2D eigenvalue weighted by molar-refractivity contribution is 7.99. The molecule has 0 aromatic carbocycles. The van der Waals surface area contributed by atoms with Crippen LogP contribution in [0.4, 0.5) is 5.13 Å². The summed E-state index contributed by atoms with van der Waals surface area (Å²) in [6.45, 7) is 3.99. The van der Waals surface area contributed by atoms with Crippen molar-refractivity contribution in [2.75, 3.05) is 17.7 Å². The molecule has 0 saturated carbocycles. The van der Waals surface area contributed by atoms with E-state index in [9.17, 15) is 14.4 Å². The predicted molar refractivity (Wildman–Crippen MR) is 96.3 cm³/mol. The van der Waals surface area contributed by atoms with Gasteiger partial charge in [-0.05, 0) is 13.3 Å². The van der Waals surface area contributed by atoms with Gasteiger partial charge in [0.05, 0.1) is 18.6 Å². The summed E-state index contributed by atoms with van der Waals surface area (Å²) in [6.07, 6.45) is 2.95. The molecule has 0 unspecified atom stereocenters. The molecule has 0 bridgehead atoms. The van der Waals surface area contributed by atoms with Crippen LogP contribution in [0.25, 0.3) is 0 Å². The van der Waals surface area contributed by atoms with E-state index in [4.69, 9.17) is 4.74 Å². The molecule has 2 N–H and O–H groups in total. The Bertz CT molecular complexity index is 803. The predicted octanol–water partition coefficient (Wildman–Crippen LogP) is 2.09. The third-order valence-electron chi connectivity index (χ3n) is 2.85. The van der Waals surface area contributed by atoms with Crippen molar-refractivity contribution in [2.24, 2.45) is 0 Å². The second kappa shape index (κ2) is 9.33. The van der Waals surface area contributed by atoms with E-state index in [2.05, 4.69) is 20.3 Å². The van der Waals surface area contributed by atoms with Crippen molar-refractivity contribution in [1.29, 1.82) is 0 Å². The molecule has 2 rings (SSSR count). The third kappa shape index (κ3) is 5.98. The summed E-state index contributed by atoms with van der Waals surface area (Å²) >= 11 is 2.17. The summed E-state index contributed by atoms with van der Waals surface area (Å²) in [7, 11) is 0. The number of amides is 1. The first-order chi connectivity index (χ1) is 12.0. The van der Waals surface area contributed by atoms with E-state index in [-0.39, 0.29) is 23.8 Å². The molecule has 0 fully saturated rings. The average molecular weight is 382 g/mol. The van der Waals surface area contributed by atoms with Crippen LogP contribution in [0, 0.1) is 0 Å². The van der Waals surface area contributed by atoms with Crippen molar-refractivity contribution < 1.29 is 14.3 Å². The zero-order valence-electron chi connectivity index (χ0n) is 13.8. The fourth-order valence-electron chi connectivity index (χ4n) is 1.85. The number of aryl methyl sites for hydroxylation is 1. The maximum Gasteiger partial charge on any atom is 0.350 e. The molecular weight excluding hydrogens is 364 g/mol. The molecule has 0 saturated heterocycles. The Kier molecular flexibility index (Phi) is 7.14. The largest absolute Gasteiger partial charge is 0.462 e. The van der Waals surface area contributed by atoms with Gasteiger partial charge >= 0.3 is 5.97 Å². The van der Waals surface area contributed by atoms with E-state index in [1.165, 1.54) is 12.3 Å². The molecule has 0 spiro atoms. The lowest BCUT2D eigenvalue weighted by Crippen LogP contribution is -2.15. The van der Waals surface area contributed by atoms with E-state index in [1.54, 1.807) is 6.92 Å². The summed E-state index contributed by atoms with van der Waals surface area (Å²) in [5, 5.41) is 3.32. The number of anilines is 1. The summed E-state index contributed by atoms with van der Waals surface area (Å²) in [5.41, 5.74) is 0.466. The maximum absolute atomic E-state index is 12.0. The van der Waals surface area contributed by atoms with Gasteiger partial charge in [0.1, 0.15) is 4.88 Å². The Hall–Kier alpha value is -2.20. The topological polar surface area (TPSA) is 114 Å². The van der Waals surface area contributed by atoms with Crippen molar-refractivity contribution in [3.63, 3.8) is 0 Å². The second-order valence-corrected chi connectivity index (χ2v) is 6.87. The fourth-order valence-corrected chi connectivity index (χ4v) is 3.27. The van der Waals surface area contributed by atoms with Crippen molar-refractivity contribution in [2.45, 2.75) is 31.8 Å². The molecule has 0 aliphatic rings. The lowest BCUT2D eigenvalue weighted by molar-refractivity contribution is -0.113. The van der Waals surface area contributed by atoms with E-state index >= 15 is 0 Å². The Labute approximate surface area is 152 Å². The van der Waals surface area contributed by atoms with Gasteiger partial charge < -0.3 is 15.0 Å². The first-order valence-corrected chi connectivity index (χ1v) is 9.47. The molecule has 25 heavy (non-hydrogen) atoms. The number of carbonyl (C=O) groups excluding carboxylic acids is 2. The van der Waals surface area contributed by atoms with Gasteiger partial charge in [0.25, 0.3) is 5.56 Å². The van der Waals surface area contributed by atoms with Crippen LogP contribution in [0.5, 0.6) is 0 Å². The molecule has 10 heteroatoms. The number of hydrogen-bond acceptors (Lipinski definition) is 8. The van der Waals surface area contributed by atoms with Gasteiger partial charge in [-0.3, -0.25) is 9.59 Å². The van der Waals surface area contributed by atoms with Gasteiger partial charge in [0.2, 0.25) is 5.91 Å². The minimum atomic E-state index is -0.468. The van der Waals surface area contributed by atoms with Crippen molar-refractivity contribution >= 4 is 40.1 Å². The Morgan fingerprint density at radius 2 is 2.20 bits per heavy atom. The summed E-state index contributed by atoms with van der Waals surface area (Å²) in [6, 6.07) is 1.46. The minimum absolute atomic E-state index is 0.0623. The van der Waals surface area contributed by atoms with Crippen LogP contribution in [-0.2, 0) is 16.0 Å². The Morgan fingerprint density at radius 1 is 1.40 bits per heavy atom. The minimum Gasteiger partial charge on any atom is -0.462 e. The molecule has 0 radical (unpaired) electrons. The Balaban J connectivity index is 1.91. The van der Waals surface area contributed by atoms with Crippen LogP contribution in [0.2, 0.25) is 0 Å². The van der Waals surface area contributed by atoms with E-state index < -0.39 is 5.97 Å². The number of nitrogens with one attached hydrogen (secondary N) is 2. The molecule has 2 aromatic heterocycles. The molecule has 2 heterocycles. The van der Waals surface area contributed by atoms with Gasteiger partial charge in [-0.1, -0.05) is 36.4 Å². The normalized spacial score (nSPS) is 10.5. The van der Waals surface area contributed by atoms with Gasteiger partial charge in [0, 0.05) is 11.8 Å². The van der Waals surface area contributed by atoms with Gasteiger partial charge in [-0.25, -0.2) is 14.8 Å². The molecule has 8 nitrogen and oxygen atoms in total. The number of thioether (sulfide) groups is 1. The van der Waals surface area contributed by atoms with Gasteiger partial charge in [0.15, 0.2) is 10.3 Å². The first kappa shape index (κ1) is 19.1. The highest BCUT2D eigenvalue weighted by atomic mass is 32.2. The number of H-pyrrole nitrogens is 1. The number of thiazole rings is 1. The first-order valence-electron chi connectivity index (χ1n) is 7.67. The number of aromatic amines is 1. The van der Waals surface area contributed by atoms with Crippen LogP contribution >= 0.6 is 23.1 Å². The fraction of sp³-hybridized carbons (Fsp3) is 0.400. The van der Waals surface area contributed by atoms with E-state index in [1.807, 2.05) is 6.92 Å². The van der Waals surface area contributed by atoms with Crippen LogP contribution in [0.3, 0.4) is 0 Å². The maximum atomic E-state index is 12.0. The number of aromatic nitrogens is 3. The lowest BCUT2D eigenvalue weighted by Gasteiger charge is -2.03. The zero-order valence-corrected chi connectivity index (χ0v) is 15.5. The number of ether oxygens (including phenoxy) is 1. The monoisotopic (exact) mass is 382 g/mol. The Morgan fingerprint density at radius 3 is 2.92 bits per heavy atom. The highest BCUT2D eigenvalue weighted by Gasteiger charge is 2.13. The molecule has 0 aliphatic heterocycles. The standard InChI is InChI=1S/C15H18N4O4S2/c1-3-5-9-6-11(20)18-15(17-9)24-8-12(21)19-14-16-7-10(25-14)13(22)23-4-2/h6-7H,3-5,8H2,1-2H3,(H,16,19,21)(H,17,18,20). The number of hydrogen-bond donors (Lipinski definition) is 2. The number of nitrogens with zero attached hydrogens (tertiary/aromatic N) is 2. The average Bonchev–Trinajstić information content (AvgIpc) is 3.01. The molecule has 0 atom stereocenters. The molecular formula is C15H18N4O4S2. The van der Waals surface area contributed by atoms with Crippen molar-refractivity contribution in [3.8, 4) is 0 Å². The zero-order chi connectivity index (χ0) is 18.2. The third-order valence-corrected chi connectivity index (χ3v) is 4.61. The number of carbonyl (C=O) groups is 2. The second-order valence-electron chi connectivity index (χ2n) is 4.88. The summed E-state index contributed by atoms with van der Waals surface area (Å²) in [4.78, 5) is 46.3. The quantitative estimate of drug-likeness (QED) is 0.408. The number of rotatable bonds is 8. The molecule has 0 aliphatic carbocycles. The summed E-state index contributed by atoms with van der Waals surface area (Å²) < 4.78 is 4.87. The van der Waals surface area contributed by atoms with Crippen LogP contribution in [0.1, 0.15) is 35.6 Å². The van der Waals surface area contributed by atoms with Crippen molar-refractivity contribution in [3.05, 3.63) is 33.2 Å². The summed E-state index contributed by atoms with van der Waals surface area (Å²) in [5.74, 6) is -0.713. The number of esters is 1. The van der Waals surface area contributed by atoms with Crippen molar-refractivity contribution in [1.82, 2.24) is 15.0 Å². The van der Waals surface area contributed by atoms with E-state index in [0.29, 0.717) is 27.3 Å². The molecule has 1 amide bonds. The highest BCUT2D eigenvalue weighted by Crippen LogP contribution is 2.20. The van der Waals surface area contributed by atoms with Gasteiger partial charge in [-0.15, -0.1) is 0 Å². The molecule has 2 aromatic rings. The molecule has 134 valence electrons. The smallest absolute Gasteiger partial charge is 0.350 e. The SMILES string of the molecule is CCCc1cc(=O)[nH]c(SCC(=O)Nc2ncc(C(=O)OCC)s2)n1. The lowest BCUT2D eigenvalue weighted by atomic mass is 10.2.